The van der Waals surface area contributed by atoms with Crippen LogP contribution in [0.3, 0.4) is 0 Å². The lowest BCUT2D eigenvalue weighted by atomic mass is 9.83. The third kappa shape index (κ3) is 5.67. The smallest absolute Gasteiger partial charge is 0.233 e. The molecule has 0 amide bonds. The summed E-state index contributed by atoms with van der Waals surface area (Å²) in [5.41, 5.74) is -0.413. The zero-order valence-electron chi connectivity index (χ0n) is 12.7. The van der Waals surface area contributed by atoms with Crippen LogP contribution >= 0.6 is 10.7 Å². The molecule has 0 bridgehead atoms. The van der Waals surface area contributed by atoms with Crippen LogP contribution in [-0.2, 0) is 23.3 Å². The summed E-state index contributed by atoms with van der Waals surface area (Å²) < 4.78 is 40.1. The number of hydrogen-bond acceptors (Lipinski definition) is 5. The summed E-state index contributed by atoms with van der Waals surface area (Å²) in [6, 6.07) is 0. The Kier molecular flexibility index (Phi) is 5.93. The van der Waals surface area contributed by atoms with Crippen molar-refractivity contribution in [3.8, 4) is 0 Å². The van der Waals surface area contributed by atoms with Gasteiger partial charge in [0.05, 0.1) is 30.7 Å². The van der Waals surface area contributed by atoms with E-state index in [9.17, 15) is 8.42 Å². The van der Waals surface area contributed by atoms with Crippen LogP contribution in [0.25, 0.3) is 0 Å². The predicted molar refractivity (Wildman–Crippen MR) is 81.1 cm³/mol. The highest BCUT2D eigenvalue weighted by Gasteiger charge is 2.38. The average Bonchev–Trinajstić information content (AvgIpc) is 2.34. The summed E-state index contributed by atoms with van der Waals surface area (Å²) >= 11 is 0. The van der Waals surface area contributed by atoms with Gasteiger partial charge in [-0.25, -0.2) is 8.42 Å². The number of hydrogen-bond donors (Lipinski definition) is 0. The van der Waals surface area contributed by atoms with Crippen molar-refractivity contribution < 1.29 is 22.6 Å². The molecule has 2 aliphatic heterocycles. The number of ether oxygens (including phenoxy) is 3. The normalized spacial score (nSPS) is 33.8. The van der Waals surface area contributed by atoms with Crippen LogP contribution in [0.1, 0.15) is 39.5 Å². The standard InChI is InChI=1S/C14H25ClO5S/c1-11-7-13(8-12(2)20-11)19-9-14(10-21(15,16)17)3-5-18-6-4-14/h11-13H,3-10H2,1-2H3. The first-order valence-corrected chi connectivity index (χ1v) is 10.0. The molecule has 0 spiro atoms. The van der Waals surface area contributed by atoms with Gasteiger partial charge in [0.1, 0.15) is 0 Å². The maximum absolute atomic E-state index is 11.5. The molecular weight excluding hydrogens is 316 g/mol. The maximum atomic E-state index is 11.5. The molecule has 124 valence electrons. The highest BCUT2D eigenvalue weighted by atomic mass is 35.7. The lowest BCUT2D eigenvalue weighted by Crippen LogP contribution is -2.42. The lowest BCUT2D eigenvalue weighted by molar-refractivity contribution is -0.123. The first kappa shape index (κ1) is 17.5. The van der Waals surface area contributed by atoms with E-state index in [2.05, 4.69) is 0 Å². The van der Waals surface area contributed by atoms with E-state index >= 15 is 0 Å². The van der Waals surface area contributed by atoms with Crippen molar-refractivity contribution in [1.82, 2.24) is 0 Å². The van der Waals surface area contributed by atoms with Crippen LogP contribution in [-0.4, -0.2) is 52.3 Å². The van der Waals surface area contributed by atoms with Crippen molar-refractivity contribution in [2.24, 2.45) is 5.41 Å². The topological polar surface area (TPSA) is 61.8 Å². The summed E-state index contributed by atoms with van der Waals surface area (Å²) in [7, 11) is 1.94. The minimum atomic E-state index is -3.54. The number of rotatable bonds is 5. The molecule has 0 aliphatic carbocycles. The van der Waals surface area contributed by atoms with Crippen molar-refractivity contribution in [2.75, 3.05) is 25.6 Å². The van der Waals surface area contributed by atoms with Crippen LogP contribution in [0.2, 0.25) is 0 Å². The van der Waals surface area contributed by atoms with E-state index in [1.54, 1.807) is 0 Å². The fourth-order valence-corrected chi connectivity index (χ4v) is 5.07. The first-order valence-electron chi connectivity index (χ1n) is 7.55. The molecule has 0 aromatic rings. The van der Waals surface area contributed by atoms with Gasteiger partial charge < -0.3 is 14.2 Å². The van der Waals surface area contributed by atoms with Gasteiger partial charge in [-0.1, -0.05) is 0 Å². The monoisotopic (exact) mass is 340 g/mol. The molecule has 2 atom stereocenters. The van der Waals surface area contributed by atoms with E-state index in [0.29, 0.717) is 32.7 Å². The molecular formula is C14H25ClO5S. The Labute approximate surface area is 131 Å². The Morgan fingerprint density at radius 3 is 2.29 bits per heavy atom. The van der Waals surface area contributed by atoms with Crippen LogP contribution in [0.4, 0.5) is 0 Å². The molecule has 21 heavy (non-hydrogen) atoms. The molecule has 2 aliphatic rings. The fraction of sp³-hybridized carbons (Fsp3) is 1.00. The van der Waals surface area contributed by atoms with Crippen molar-refractivity contribution in [2.45, 2.75) is 57.8 Å². The summed E-state index contributed by atoms with van der Waals surface area (Å²) in [5, 5.41) is 0. The van der Waals surface area contributed by atoms with Crippen molar-refractivity contribution in [1.29, 1.82) is 0 Å². The maximum Gasteiger partial charge on any atom is 0.233 e. The van der Waals surface area contributed by atoms with Crippen molar-refractivity contribution >= 4 is 19.7 Å². The third-order valence-corrected chi connectivity index (χ3v) is 5.60. The minimum Gasteiger partial charge on any atom is -0.381 e. The Morgan fingerprint density at radius 2 is 1.76 bits per heavy atom. The quantitative estimate of drug-likeness (QED) is 0.719. The molecule has 2 rings (SSSR count). The van der Waals surface area contributed by atoms with Crippen LogP contribution in [0.5, 0.6) is 0 Å². The van der Waals surface area contributed by atoms with Gasteiger partial charge in [0.25, 0.3) is 0 Å². The minimum absolute atomic E-state index is 0.0424. The van der Waals surface area contributed by atoms with Gasteiger partial charge in [0.2, 0.25) is 9.05 Å². The van der Waals surface area contributed by atoms with Crippen LogP contribution in [0.15, 0.2) is 0 Å². The Morgan fingerprint density at radius 1 is 1.19 bits per heavy atom. The third-order valence-electron chi connectivity index (χ3n) is 4.31. The Hall–Kier alpha value is 0.120. The van der Waals surface area contributed by atoms with Crippen LogP contribution < -0.4 is 0 Å². The predicted octanol–water partition coefficient (Wildman–Crippen LogP) is 2.32. The Balaban J connectivity index is 1.95. The van der Waals surface area contributed by atoms with Gasteiger partial charge in [-0.3, -0.25) is 0 Å². The van der Waals surface area contributed by atoms with Crippen LogP contribution in [0, 0.1) is 5.41 Å². The van der Waals surface area contributed by atoms with Gasteiger partial charge in [-0.2, -0.15) is 0 Å². The molecule has 0 aromatic heterocycles. The molecule has 2 fully saturated rings. The second-order valence-corrected chi connectivity index (χ2v) is 9.23. The van der Waals surface area contributed by atoms with E-state index in [0.717, 1.165) is 12.8 Å². The van der Waals surface area contributed by atoms with Gasteiger partial charge in [0, 0.05) is 29.3 Å². The number of halogens is 1. The summed E-state index contributed by atoms with van der Waals surface area (Å²) in [6.07, 6.45) is 3.54. The summed E-state index contributed by atoms with van der Waals surface area (Å²) in [5.74, 6) is -0.0424. The summed E-state index contributed by atoms with van der Waals surface area (Å²) in [6.45, 7) is 5.64. The van der Waals surface area contributed by atoms with E-state index in [-0.39, 0.29) is 24.1 Å². The van der Waals surface area contributed by atoms with Crippen molar-refractivity contribution in [3.05, 3.63) is 0 Å². The Bertz CT molecular complexity index is 423. The average molecular weight is 341 g/mol. The molecule has 7 heteroatoms. The molecule has 2 unspecified atom stereocenters. The highest BCUT2D eigenvalue weighted by molar-refractivity contribution is 8.13. The van der Waals surface area contributed by atoms with Gasteiger partial charge in [-0.05, 0) is 39.5 Å². The van der Waals surface area contributed by atoms with E-state index in [1.165, 1.54) is 0 Å². The molecule has 2 heterocycles. The molecule has 0 aromatic carbocycles. The second kappa shape index (κ2) is 7.13. The SMILES string of the molecule is CC1CC(OCC2(CS(=O)(=O)Cl)CCOCC2)CC(C)O1. The molecule has 2 saturated heterocycles. The molecule has 0 saturated carbocycles. The zero-order chi connectivity index (χ0) is 15.5. The van der Waals surface area contributed by atoms with Gasteiger partial charge in [-0.15, -0.1) is 0 Å². The molecule has 0 radical (unpaired) electrons. The zero-order valence-corrected chi connectivity index (χ0v) is 14.3. The van der Waals surface area contributed by atoms with E-state index in [1.807, 2.05) is 13.8 Å². The van der Waals surface area contributed by atoms with Crippen molar-refractivity contribution in [3.63, 3.8) is 0 Å². The first-order chi connectivity index (χ1) is 9.78. The molecule has 0 N–H and O–H groups in total. The fourth-order valence-electron chi connectivity index (χ4n) is 3.28. The second-order valence-electron chi connectivity index (χ2n) is 6.46. The summed E-state index contributed by atoms with van der Waals surface area (Å²) in [4.78, 5) is 0. The van der Waals surface area contributed by atoms with E-state index in [4.69, 9.17) is 24.9 Å². The van der Waals surface area contributed by atoms with Gasteiger partial charge >= 0.3 is 0 Å². The lowest BCUT2D eigenvalue weighted by Gasteiger charge is -2.39. The van der Waals surface area contributed by atoms with Gasteiger partial charge in [0.15, 0.2) is 0 Å². The molecule has 5 nitrogen and oxygen atoms in total. The highest BCUT2D eigenvalue weighted by Crippen LogP contribution is 2.35. The largest absolute Gasteiger partial charge is 0.381 e. The van der Waals surface area contributed by atoms with E-state index < -0.39 is 14.5 Å².